The van der Waals surface area contributed by atoms with Gasteiger partial charge in [0.15, 0.2) is 5.78 Å². The molecular weight excluding hydrogens is 208 g/mol. The first-order valence-corrected chi connectivity index (χ1v) is 4.88. The number of anilines is 1. The Kier molecular flexibility index (Phi) is 4.02. The molecule has 0 radical (unpaired) electrons. The number of nitrogens with two attached hydrogens (primary N) is 1. The lowest BCUT2D eigenvalue weighted by molar-refractivity contribution is -0.114. The lowest BCUT2D eigenvalue weighted by Crippen LogP contribution is -2.13. The fourth-order valence-corrected chi connectivity index (χ4v) is 1.33. The fraction of sp³-hybridized carbons (Fsp3) is 0.273. The Hall–Kier alpha value is -1.88. The summed E-state index contributed by atoms with van der Waals surface area (Å²) in [5, 5.41) is 11.8. The highest BCUT2D eigenvalue weighted by Crippen LogP contribution is 2.22. The summed E-state index contributed by atoms with van der Waals surface area (Å²) in [4.78, 5) is 22.6. The molecule has 1 amide bonds. The van der Waals surface area contributed by atoms with Crippen LogP contribution in [0.4, 0.5) is 5.69 Å². The number of benzene rings is 1. The third-order valence-electron chi connectivity index (χ3n) is 1.99. The van der Waals surface area contributed by atoms with Gasteiger partial charge < -0.3 is 16.2 Å². The Balaban J connectivity index is 3.07. The van der Waals surface area contributed by atoms with Gasteiger partial charge in [-0.05, 0) is 24.7 Å². The number of phenols is 1. The van der Waals surface area contributed by atoms with Crippen molar-refractivity contribution >= 4 is 17.4 Å². The van der Waals surface area contributed by atoms with Crippen LogP contribution in [-0.2, 0) is 4.79 Å². The van der Waals surface area contributed by atoms with Crippen molar-refractivity contribution in [3.63, 3.8) is 0 Å². The second-order valence-corrected chi connectivity index (χ2v) is 3.37. The third-order valence-corrected chi connectivity index (χ3v) is 1.99. The Morgan fingerprint density at radius 3 is 2.69 bits per heavy atom. The first-order chi connectivity index (χ1) is 7.54. The van der Waals surface area contributed by atoms with Gasteiger partial charge >= 0.3 is 0 Å². The van der Waals surface area contributed by atoms with E-state index in [1.54, 1.807) is 0 Å². The van der Waals surface area contributed by atoms with E-state index in [1.807, 2.05) is 0 Å². The van der Waals surface area contributed by atoms with Crippen LogP contribution >= 0.6 is 0 Å². The van der Waals surface area contributed by atoms with E-state index < -0.39 is 0 Å². The van der Waals surface area contributed by atoms with Crippen LogP contribution in [-0.4, -0.2) is 23.3 Å². The summed E-state index contributed by atoms with van der Waals surface area (Å²) in [5.41, 5.74) is 5.96. The van der Waals surface area contributed by atoms with E-state index in [1.165, 1.54) is 25.1 Å². The summed E-state index contributed by atoms with van der Waals surface area (Å²) < 4.78 is 0. The van der Waals surface area contributed by atoms with E-state index in [4.69, 9.17) is 5.73 Å². The number of hydrogen-bond donors (Lipinski definition) is 3. The normalized spacial score (nSPS) is 9.88. The van der Waals surface area contributed by atoms with E-state index in [0.717, 1.165) is 0 Å². The minimum atomic E-state index is -0.271. The van der Waals surface area contributed by atoms with E-state index >= 15 is 0 Å². The van der Waals surface area contributed by atoms with E-state index in [0.29, 0.717) is 5.69 Å². The monoisotopic (exact) mass is 222 g/mol. The average molecular weight is 222 g/mol. The fourth-order valence-electron chi connectivity index (χ4n) is 1.33. The largest absolute Gasteiger partial charge is 0.508 e. The van der Waals surface area contributed by atoms with Crippen LogP contribution in [0.5, 0.6) is 5.75 Å². The number of amides is 1. The number of Topliss-reactive ketones (excluding diaryl/α,β-unsaturated/α-hetero) is 1. The molecule has 1 rings (SSSR count). The van der Waals surface area contributed by atoms with Gasteiger partial charge in [-0.25, -0.2) is 0 Å². The lowest BCUT2D eigenvalue weighted by Gasteiger charge is -2.09. The Labute approximate surface area is 93.3 Å². The Morgan fingerprint density at radius 1 is 1.44 bits per heavy atom. The Morgan fingerprint density at radius 2 is 2.12 bits per heavy atom. The minimum Gasteiger partial charge on any atom is -0.508 e. The SMILES string of the molecule is CC(=O)Nc1ccc(O)cc1C(=O)CCN. The van der Waals surface area contributed by atoms with Crippen molar-refractivity contribution in [3.05, 3.63) is 23.8 Å². The predicted octanol–water partition coefficient (Wildman–Crippen LogP) is 0.882. The van der Waals surface area contributed by atoms with Crippen LogP contribution in [0.2, 0.25) is 0 Å². The van der Waals surface area contributed by atoms with Crippen molar-refractivity contribution in [1.29, 1.82) is 0 Å². The molecule has 0 saturated heterocycles. The minimum absolute atomic E-state index is 0.0190. The maximum atomic E-state index is 11.7. The standard InChI is InChI=1S/C11H14N2O3/c1-7(14)13-10-3-2-8(15)6-9(10)11(16)4-5-12/h2-3,6,15H,4-5,12H2,1H3,(H,13,14). The number of aromatic hydroxyl groups is 1. The number of phenolic OH excluding ortho intramolecular Hbond substituents is 1. The summed E-state index contributed by atoms with van der Waals surface area (Å²) >= 11 is 0. The van der Waals surface area contributed by atoms with Gasteiger partial charge in [-0.3, -0.25) is 9.59 Å². The summed E-state index contributed by atoms with van der Waals surface area (Å²) in [6, 6.07) is 4.22. The number of carbonyl (C=O) groups is 2. The molecule has 0 spiro atoms. The Bertz CT molecular complexity index is 416. The second kappa shape index (κ2) is 5.27. The van der Waals surface area contributed by atoms with E-state index in [9.17, 15) is 14.7 Å². The van der Waals surface area contributed by atoms with Crippen LogP contribution in [0.3, 0.4) is 0 Å². The van der Waals surface area contributed by atoms with Gasteiger partial charge in [0.25, 0.3) is 0 Å². The zero-order chi connectivity index (χ0) is 12.1. The smallest absolute Gasteiger partial charge is 0.221 e. The molecule has 5 heteroatoms. The average Bonchev–Trinajstić information content (AvgIpc) is 2.20. The highest BCUT2D eigenvalue weighted by molar-refractivity contribution is 6.04. The summed E-state index contributed by atoms with van der Waals surface area (Å²) in [6.45, 7) is 1.58. The molecule has 0 aromatic heterocycles. The van der Waals surface area contributed by atoms with Crippen molar-refractivity contribution in [2.24, 2.45) is 5.73 Å². The van der Waals surface area contributed by atoms with Crippen LogP contribution < -0.4 is 11.1 Å². The highest BCUT2D eigenvalue weighted by atomic mass is 16.3. The van der Waals surface area contributed by atoms with Gasteiger partial charge in [0.05, 0.1) is 5.69 Å². The van der Waals surface area contributed by atoms with Gasteiger partial charge in [0, 0.05) is 18.9 Å². The van der Waals surface area contributed by atoms with E-state index in [-0.39, 0.29) is 36.0 Å². The van der Waals surface area contributed by atoms with Crippen molar-refractivity contribution in [3.8, 4) is 5.75 Å². The first-order valence-electron chi connectivity index (χ1n) is 4.88. The van der Waals surface area contributed by atoms with Crippen LogP contribution in [0.1, 0.15) is 23.7 Å². The molecule has 0 aliphatic heterocycles. The van der Waals surface area contributed by atoms with Gasteiger partial charge in [-0.2, -0.15) is 0 Å². The molecule has 0 aliphatic carbocycles. The van der Waals surface area contributed by atoms with Gasteiger partial charge in [-0.1, -0.05) is 0 Å². The number of ketones is 1. The number of carbonyl (C=O) groups excluding carboxylic acids is 2. The second-order valence-electron chi connectivity index (χ2n) is 3.37. The van der Waals surface area contributed by atoms with Gasteiger partial charge in [0.1, 0.15) is 5.75 Å². The number of hydrogen-bond acceptors (Lipinski definition) is 4. The predicted molar refractivity (Wildman–Crippen MR) is 60.4 cm³/mol. The lowest BCUT2D eigenvalue weighted by atomic mass is 10.1. The molecule has 5 nitrogen and oxygen atoms in total. The van der Waals surface area contributed by atoms with Crippen molar-refractivity contribution in [2.75, 3.05) is 11.9 Å². The van der Waals surface area contributed by atoms with E-state index in [2.05, 4.69) is 5.32 Å². The highest BCUT2D eigenvalue weighted by Gasteiger charge is 2.12. The molecule has 0 saturated carbocycles. The topological polar surface area (TPSA) is 92.4 Å². The first kappa shape index (κ1) is 12.2. The quantitative estimate of drug-likeness (QED) is 0.521. The molecule has 1 aromatic rings. The maximum absolute atomic E-state index is 11.7. The van der Waals surface area contributed by atoms with Crippen molar-refractivity contribution in [1.82, 2.24) is 0 Å². The zero-order valence-corrected chi connectivity index (χ0v) is 8.99. The van der Waals surface area contributed by atoms with Crippen LogP contribution in [0, 0.1) is 0 Å². The molecule has 0 heterocycles. The van der Waals surface area contributed by atoms with Gasteiger partial charge in [0.2, 0.25) is 5.91 Å². The van der Waals surface area contributed by atoms with Crippen LogP contribution in [0.25, 0.3) is 0 Å². The van der Waals surface area contributed by atoms with Crippen molar-refractivity contribution < 1.29 is 14.7 Å². The zero-order valence-electron chi connectivity index (χ0n) is 8.99. The maximum Gasteiger partial charge on any atom is 0.221 e. The molecule has 86 valence electrons. The molecule has 4 N–H and O–H groups in total. The molecule has 1 aromatic carbocycles. The molecule has 0 fully saturated rings. The van der Waals surface area contributed by atoms with Crippen LogP contribution in [0.15, 0.2) is 18.2 Å². The molecule has 0 aliphatic rings. The summed E-state index contributed by atoms with van der Waals surface area (Å²) in [6.07, 6.45) is 0.177. The number of nitrogens with one attached hydrogen (secondary N) is 1. The molecule has 0 unspecified atom stereocenters. The molecule has 0 atom stereocenters. The summed E-state index contributed by atoms with van der Waals surface area (Å²) in [7, 11) is 0. The number of rotatable bonds is 4. The van der Waals surface area contributed by atoms with Gasteiger partial charge in [-0.15, -0.1) is 0 Å². The summed E-state index contributed by atoms with van der Waals surface area (Å²) in [5.74, 6) is -0.496. The van der Waals surface area contributed by atoms with Crippen molar-refractivity contribution in [2.45, 2.75) is 13.3 Å². The molecule has 16 heavy (non-hydrogen) atoms. The molecular formula is C11H14N2O3. The third kappa shape index (κ3) is 3.06. The molecule has 0 bridgehead atoms.